The number of amides is 1. The number of pyridine rings is 1. The molecule has 0 spiro atoms. The number of nitrogens with zero attached hydrogens (tertiary/aromatic N) is 1. The molecule has 1 aromatic carbocycles. The number of carboxylic acids is 1. The molecule has 2 rings (SSSR count). The number of nitrogens with one attached hydrogen (secondary N) is 1. The molecule has 0 saturated heterocycles. The van der Waals surface area contributed by atoms with E-state index in [2.05, 4.69) is 10.3 Å². The Balaban J connectivity index is 1.91. The van der Waals surface area contributed by atoms with Gasteiger partial charge in [-0.1, -0.05) is 17.7 Å². The van der Waals surface area contributed by atoms with Gasteiger partial charge in [-0.15, -0.1) is 11.8 Å². The zero-order chi connectivity index (χ0) is 15.9. The van der Waals surface area contributed by atoms with E-state index in [4.69, 9.17) is 16.7 Å². The Hall–Kier alpha value is -2.05. The van der Waals surface area contributed by atoms with E-state index in [1.54, 1.807) is 6.20 Å². The second kappa shape index (κ2) is 7.82. The van der Waals surface area contributed by atoms with E-state index >= 15 is 0 Å². The quantitative estimate of drug-likeness (QED) is 0.788. The first-order valence-electron chi connectivity index (χ1n) is 6.43. The molecule has 0 unspecified atom stereocenters. The zero-order valence-electron chi connectivity index (χ0n) is 11.5. The van der Waals surface area contributed by atoms with Crippen molar-refractivity contribution >= 4 is 40.9 Å². The molecule has 0 atom stereocenters. The average molecular weight is 337 g/mol. The van der Waals surface area contributed by atoms with Gasteiger partial charge in [-0.05, 0) is 30.3 Å². The molecule has 22 heavy (non-hydrogen) atoms. The van der Waals surface area contributed by atoms with Gasteiger partial charge in [0.15, 0.2) is 0 Å². The smallest absolute Gasteiger partial charge is 0.337 e. The third-order valence-electron chi connectivity index (χ3n) is 2.70. The molecule has 0 aliphatic heterocycles. The number of aromatic carboxylic acids is 1. The van der Waals surface area contributed by atoms with Gasteiger partial charge in [0, 0.05) is 23.4 Å². The molecule has 1 amide bonds. The Kier molecular flexibility index (Phi) is 5.80. The van der Waals surface area contributed by atoms with Crippen molar-refractivity contribution in [1.29, 1.82) is 0 Å². The molecular formula is C15H13ClN2O3S. The number of carbonyl (C=O) groups is 2. The van der Waals surface area contributed by atoms with Crippen molar-refractivity contribution in [3.63, 3.8) is 0 Å². The number of benzene rings is 1. The summed E-state index contributed by atoms with van der Waals surface area (Å²) in [6.45, 7) is 0. The lowest BCUT2D eigenvalue weighted by atomic mass is 10.1. The van der Waals surface area contributed by atoms with E-state index in [0.29, 0.717) is 10.8 Å². The van der Waals surface area contributed by atoms with Crippen molar-refractivity contribution in [2.24, 2.45) is 0 Å². The number of carboxylic acid groups (broad SMARTS) is 1. The van der Waals surface area contributed by atoms with Gasteiger partial charge in [0.05, 0.1) is 16.3 Å². The van der Waals surface area contributed by atoms with Crippen molar-refractivity contribution in [2.75, 3.05) is 11.1 Å². The number of carbonyl (C=O) groups excluding carboxylic acids is 1. The zero-order valence-corrected chi connectivity index (χ0v) is 13.0. The number of halogens is 1. The van der Waals surface area contributed by atoms with Crippen LogP contribution in [-0.2, 0) is 4.79 Å². The first-order chi connectivity index (χ1) is 10.6. The van der Waals surface area contributed by atoms with Crippen LogP contribution in [0.2, 0.25) is 5.02 Å². The van der Waals surface area contributed by atoms with Crippen LogP contribution >= 0.6 is 23.4 Å². The summed E-state index contributed by atoms with van der Waals surface area (Å²) < 4.78 is 0. The maximum atomic E-state index is 11.9. The Labute approximate surface area is 136 Å². The molecule has 0 aliphatic rings. The van der Waals surface area contributed by atoms with Crippen LogP contribution in [0.4, 0.5) is 5.69 Å². The van der Waals surface area contributed by atoms with Crippen molar-refractivity contribution in [1.82, 2.24) is 4.98 Å². The third-order valence-corrected chi connectivity index (χ3v) is 3.88. The van der Waals surface area contributed by atoms with Crippen LogP contribution in [0, 0.1) is 0 Å². The highest BCUT2D eigenvalue weighted by Gasteiger charge is 2.13. The SMILES string of the molecule is O=C(CCSc1ccccn1)Nc1ccc(Cl)cc1C(=O)O. The predicted octanol–water partition coefficient (Wildman–Crippen LogP) is 3.55. The third kappa shape index (κ3) is 4.75. The van der Waals surface area contributed by atoms with Gasteiger partial charge in [0.1, 0.15) is 0 Å². The minimum Gasteiger partial charge on any atom is -0.478 e. The fourth-order valence-electron chi connectivity index (χ4n) is 1.70. The van der Waals surface area contributed by atoms with Crippen molar-refractivity contribution in [2.45, 2.75) is 11.4 Å². The fourth-order valence-corrected chi connectivity index (χ4v) is 2.67. The Bertz CT molecular complexity index is 680. The topological polar surface area (TPSA) is 79.3 Å². The Morgan fingerprint density at radius 2 is 2.09 bits per heavy atom. The molecule has 0 bridgehead atoms. The highest BCUT2D eigenvalue weighted by Crippen LogP contribution is 2.21. The summed E-state index contributed by atoms with van der Waals surface area (Å²) in [7, 11) is 0. The summed E-state index contributed by atoms with van der Waals surface area (Å²) in [6.07, 6.45) is 1.94. The van der Waals surface area contributed by atoms with Gasteiger partial charge in [0.25, 0.3) is 0 Å². The summed E-state index contributed by atoms with van der Waals surface area (Å²) in [6, 6.07) is 9.89. The fraction of sp³-hybridized carbons (Fsp3) is 0.133. The van der Waals surface area contributed by atoms with Crippen molar-refractivity contribution in [3.05, 3.63) is 53.2 Å². The molecule has 2 aromatic rings. The molecular weight excluding hydrogens is 324 g/mol. The first-order valence-corrected chi connectivity index (χ1v) is 7.79. The Morgan fingerprint density at radius 1 is 1.27 bits per heavy atom. The van der Waals surface area contributed by atoms with Crippen LogP contribution in [0.5, 0.6) is 0 Å². The van der Waals surface area contributed by atoms with Crippen LogP contribution in [0.25, 0.3) is 0 Å². The summed E-state index contributed by atoms with van der Waals surface area (Å²) in [5.41, 5.74) is 0.211. The minimum atomic E-state index is -1.14. The summed E-state index contributed by atoms with van der Waals surface area (Å²) in [5, 5.41) is 12.8. The van der Waals surface area contributed by atoms with Crippen molar-refractivity contribution in [3.8, 4) is 0 Å². The molecule has 0 saturated carbocycles. The van der Waals surface area contributed by atoms with Gasteiger partial charge < -0.3 is 10.4 Å². The minimum absolute atomic E-state index is 0.0294. The monoisotopic (exact) mass is 336 g/mol. The molecule has 1 heterocycles. The highest BCUT2D eigenvalue weighted by molar-refractivity contribution is 7.99. The number of rotatable bonds is 6. The van der Waals surface area contributed by atoms with Gasteiger partial charge >= 0.3 is 5.97 Å². The molecule has 2 N–H and O–H groups in total. The number of aromatic nitrogens is 1. The molecule has 0 radical (unpaired) electrons. The molecule has 0 fully saturated rings. The molecule has 0 aliphatic carbocycles. The van der Waals surface area contributed by atoms with Gasteiger partial charge in [-0.2, -0.15) is 0 Å². The lowest BCUT2D eigenvalue weighted by Gasteiger charge is -2.08. The van der Waals surface area contributed by atoms with Crippen LogP contribution in [0.1, 0.15) is 16.8 Å². The predicted molar refractivity (Wildman–Crippen MR) is 86.6 cm³/mol. The van der Waals surface area contributed by atoms with E-state index in [1.807, 2.05) is 18.2 Å². The lowest BCUT2D eigenvalue weighted by Crippen LogP contribution is -2.15. The van der Waals surface area contributed by atoms with Crippen LogP contribution in [0.3, 0.4) is 0 Å². The second-order valence-electron chi connectivity index (χ2n) is 4.31. The summed E-state index contributed by atoms with van der Waals surface area (Å²) in [5.74, 6) is -0.840. The van der Waals surface area contributed by atoms with Gasteiger partial charge in [-0.25, -0.2) is 9.78 Å². The number of thioether (sulfide) groups is 1. The second-order valence-corrected chi connectivity index (χ2v) is 5.86. The van der Waals surface area contributed by atoms with E-state index in [9.17, 15) is 9.59 Å². The number of hydrogen-bond acceptors (Lipinski definition) is 4. The lowest BCUT2D eigenvalue weighted by molar-refractivity contribution is -0.115. The standard InChI is InChI=1S/C15H13ClN2O3S/c16-10-4-5-12(11(9-10)15(20)21)18-13(19)6-8-22-14-3-1-2-7-17-14/h1-5,7,9H,6,8H2,(H,18,19)(H,20,21). The average Bonchev–Trinajstić information content (AvgIpc) is 2.50. The highest BCUT2D eigenvalue weighted by atomic mass is 35.5. The summed E-state index contributed by atoms with van der Waals surface area (Å²) in [4.78, 5) is 27.2. The van der Waals surface area contributed by atoms with Crippen molar-refractivity contribution < 1.29 is 14.7 Å². The van der Waals surface area contributed by atoms with E-state index in [0.717, 1.165) is 5.03 Å². The van der Waals surface area contributed by atoms with Gasteiger partial charge in [-0.3, -0.25) is 4.79 Å². The van der Waals surface area contributed by atoms with Gasteiger partial charge in [0.2, 0.25) is 5.91 Å². The van der Waals surface area contributed by atoms with Crippen LogP contribution < -0.4 is 5.32 Å². The molecule has 114 valence electrons. The van der Waals surface area contributed by atoms with Crippen LogP contribution in [0.15, 0.2) is 47.6 Å². The first kappa shape index (κ1) is 16.3. The molecule has 5 nitrogen and oxygen atoms in total. The summed E-state index contributed by atoms with van der Waals surface area (Å²) >= 11 is 7.23. The Morgan fingerprint density at radius 3 is 2.77 bits per heavy atom. The van der Waals surface area contributed by atoms with E-state index < -0.39 is 5.97 Å². The maximum Gasteiger partial charge on any atom is 0.337 e. The molecule has 1 aromatic heterocycles. The van der Waals surface area contributed by atoms with Crippen LogP contribution in [-0.4, -0.2) is 27.7 Å². The van der Waals surface area contributed by atoms with E-state index in [-0.39, 0.29) is 23.6 Å². The van der Waals surface area contributed by atoms with E-state index in [1.165, 1.54) is 30.0 Å². The normalized spacial score (nSPS) is 10.2. The largest absolute Gasteiger partial charge is 0.478 e. The number of anilines is 1. The number of hydrogen-bond donors (Lipinski definition) is 2. The molecule has 7 heteroatoms. The maximum absolute atomic E-state index is 11.9.